The van der Waals surface area contributed by atoms with Crippen LogP contribution in [0, 0.1) is 6.92 Å². The molecule has 0 atom stereocenters. The number of aryl methyl sites for hydroxylation is 1. The molecule has 0 saturated carbocycles. The van der Waals surface area contributed by atoms with Crippen LogP contribution >= 0.6 is 23.1 Å². The van der Waals surface area contributed by atoms with Crippen molar-refractivity contribution in [2.45, 2.75) is 25.6 Å². The highest BCUT2D eigenvalue weighted by Gasteiger charge is 2.13. The van der Waals surface area contributed by atoms with Gasteiger partial charge in [-0.1, -0.05) is 35.2 Å². The Hall–Kier alpha value is -2.06. The molecule has 0 aliphatic rings. The fraction of sp³-hybridized carbons (Fsp3) is 0.312. The summed E-state index contributed by atoms with van der Waals surface area (Å²) in [6.45, 7) is 5.05. The van der Waals surface area contributed by atoms with Gasteiger partial charge >= 0.3 is 4.87 Å². The molecule has 8 heteroatoms. The zero-order valence-electron chi connectivity index (χ0n) is 13.4. The molecule has 24 heavy (non-hydrogen) atoms. The van der Waals surface area contributed by atoms with Gasteiger partial charge in [0.15, 0.2) is 0 Å². The van der Waals surface area contributed by atoms with Gasteiger partial charge in [-0.2, -0.15) is 0 Å². The van der Waals surface area contributed by atoms with Crippen molar-refractivity contribution in [3.05, 3.63) is 45.0 Å². The molecule has 3 rings (SSSR count). The van der Waals surface area contributed by atoms with Crippen LogP contribution in [0.15, 0.2) is 44.1 Å². The molecule has 0 aliphatic carbocycles. The molecule has 0 saturated heterocycles. The number of hydrogen-bond donors (Lipinski definition) is 0. The number of nitrogens with zero attached hydrogens (tertiary/aromatic N) is 3. The Morgan fingerprint density at radius 1 is 1.33 bits per heavy atom. The standard InChI is InChI=1S/C16H17N3O3S2/c1-3-21-13-7-5-4-6-12(13)14-17-18-15(22-14)23-9-8-19-11(2)10-24-16(19)20/h4-7,10H,3,8-9H2,1-2H3. The van der Waals surface area contributed by atoms with Crippen LogP contribution in [0.2, 0.25) is 0 Å². The molecule has 6 nitrogen and oxygen atoms in total. The third kappa shape index (κ3) is 3.70. The summed E-state index contributed by atoms with van der Waals surface area (Å²) in [5.41, 5.74) is 1.76. The lowest BCUT2D eigenvalue weighted by molar-refractivity contribution is 0.340. The molecule has 2 heterocycles. The van der Waals surface area contributed by atoms with E-state index >= 15 is 0 Å². The number of hydrogen-bond acceptors (Lipinski definition) is 7. The maximum Gasteiger partial charge on any atom is 0.307 e. The van der Waals surface area contributed by atoms with Gasteiger partial charge in [-0.25, -0.2) is 0 Å². The van der Waals surface area contributed by atoms with Crippen LogP contribution in [-0.2, 0) is 6.54 Å². The van der Waals surface area contributed by atoms with Crippen LogP contribution in [-0.4, -0.2) is 27.1 Å². The van der Waals surface area contributed by atoms with Crippen molar-refractivity contribution in [3.8, 4) is 17.2 Å². The third-order valence-corrected chi connectivity index (χ3v) is 5.02. The first kappa shape index (κ1) is 16.8. The van der Waals surface area contributed by atoms with Crippen molar-refractivity contribution in [1.82, 2.24) is 14.8 Å². The molecule has 1 aromatic carbocycles. The number of benzene rings is 1. The Morgan fingerprint density at radius 2 is 2.17 bits per heavy atom. The minimum atomic E-state index is 0.0601. The Morgan fingerprint density at radius 3 is 2.92 bits per heavy atom. The van der Waals surface area contributed by atoms with E-state index in [1.807, 2.05) is 43.5 Å². The quantitative estimate of drug-likeness (QED) is 0.599. The van der Waals surface area contributed by atoms with Gasteiger partial charge < -0.3 is 13.7 Å². The molecule has 0 amide bonds. The van der Waals surface area contributed by atoms with Crippen LogP contribution in [0.5, 0.6) is 5.75 Å². The fourth-order valence-electron chi connectivity index (χ4n) is 2.20. The fourth-order valence-corrected chi connectivity index (χ4v) is 3.65. The van der Waals surface area contributed by atoms with E-state index < -0.39 is 0 Å². The van der Waals surface area contributed by atoms with E-state index in [-0.39, 0.29) is 4.87 Å². The largest absolute Gasteiger partial charge is 0.493 e. The minimum absolute atomic E-state index is 0.0601. The van der Waals surface area contributed by atoms with Crippen LogP contribution in [0.3, 0.4) is 0 Å². The van der Waals surface area contributed by atoms with E-state index in [2.05, 4.69) is 10.2 Å². The van der Waals surface area contributed by atoms with Crippen molar-refractivity contribution in [2.24, 2.45) is 0 Å². The molecule has 3 aromatic rings. The Labute approximate surface area is 147 Å². The van der Waals surface area contributed by atoms with Crippen LogP contribution in [0.25, 0.3) is 11.5 Å². The van der Waals surface area contributed by atoms with Gasteiger partial charge in [-0.15, -0.1) is 10.2 Å². The average molecular weight is 363 g/mol. The first-order valence-electron chi connectivity index (χ1n) is 7.52. The molecule has 126 valence electrons. The molecule has 0 fully saturated rings. The van der Waals surface area contributed by atoms with Gasteiger partial charge in [0.05, 0.1) is 12.2 Å². The first-order chi connectivity index (χ1) is 11.7. The smallest absolute Gasteiger partial charge is 0.307 e. The molecule has 0 bridgehead atoms. The van der Waals surface area contributed by atoms with Crippen molar-refractivity contribution >= 4 is 23.1 Å². The van der Waals surface area contributed by atoms with E-state index in [4.69, 9.17) is 9.15 Å². The van der Waals surface area contributed by atoms with Gasteiger partial charge in [-0.3, -0.25) is 4.79 Å². The zero-order valence-corrected chi connectivity index (χ0v) is 15.0. The highest BCUT2D eigenvalue weighted by molar-refractivity contribution is 7.99. The van der Waals surface area contributed by atoms with Gasteiger partial charge in [0.2, 0.25) is 0 Å². The average Bonchev–Trinajstić information content (AvgIpc) is 3.17. The minimum Gasteiger partial charge on any atom is -0.493 e. The van der Waals surface area contributed by atoms with Crippen LogP contribution in [0.1, 0.15) is 12.6 Å². The summed E-state index contributed by atoms with van der Waals surface area (Å²) >= 11 is 2.65. The molecule has 0 radical (unpaired) electrons. The Kier molecular flexibility index (Phi) is 5.37. The second kappa shape index (κ2) is 7.67. The summed E-state index contributed by atoms with van der Waals surface area (Å²) < 4.78 is 13.0. The first-order valence-corrected chi connectivity index (χ1v) is 9.39. The van der Waals surface area contributed by atoms with Crippen molar-refractivity contribution in [1.29, 1.82) is 0 Å². The zero-order chi connectivity index (χ0) is 16.9. The second-order valence-electron chi connectivity index (χ2n) is 4.95. The monoisotopic (exact) mass is 363 g/mol. The van der Waals surface area contributed by atoms with E-state index in [1.165, 1.54) is 23.1 Å². The van der Waals surface area contributed by atoms with Gasteiger partial charge in [0.1, 0.15) is 5.75 Å². The molecular weight excluding hydrogens is 346 g/mol. The van der Waals surface area contributed by atoms with Crippen molar-refractivity contribution < 1.29 is 9.15 Å². The number of para-hydroxylation sites is 1. The van der Waals surface area contributed by atoms with E-state index in [9.17, 15) is 4.79 Å². The predicted molar refractivity (Wildman–Crippen MR) is 94.9 cm³/mol. The summed E-state index contributed by atoms with van der Waals surface area (Å²) in [4.78, 5) is 11.7. The van der Waals surface area contributed by atoms with E-state index in [1.54, 1.807) is 4.57 Å². The number of aromatic nitrogens is 3. The van der Waals surface area contributed by atoms with Crippen LogP contribution in [0.4, 0.5) is 0 Å². The second-order valence-corrected chi connectivity index (χ2v) is 6.81. The molecule has 0 unspecified atom stereocenters. The number of thiazole rings is 1. The number of thioether (sulfide) groups is 1. The predicted octanol–water partition coefficient (Wildman–Crippen LogP) is 3.46. The SMILES string of the molecule is CCOc1ccccc1-c1nnc(SCCn2c(C)csc2=O)o1. The van der Waals surface area contributed by atoms with Gasteiger partial charge in [-0.05, 0) is 26.0 Å². The number of ether oxygens (including phenoxy) is 1. The summed E-state index contributed by atoms with van der Waals surface area (Å²) in [6.07, 6.45) is 0. The highest BCUT2D eigenvalue weighted by atomic mass is 32.2. The summed E-state index contributed by atoms with van der Waals surface area (Å²) in [6, 6.07) is 7.57. The third-order valence-electron chi connectivity index (χ3n) is 3.34. The maximum atomic E-state index is 11.7. The topological polar surface area (TPSA) is 70.2 Å². The van der Waals surface area contributed by atoms with Crippen LogP contribution < -0.4 is 9.61 Å². The Balaban J connectivity index is 1.67. The molecule has 0 spiro atoms. The van der Waals surface area contributed by atoms with Crippen molar-refractivity contribution in [2.75, 3.05) is 12.4 Å². The van der Waals surface area contributed by atoms with E-state index in [0.717, 1.165) is 17.0 Å². The summed E-state index contributed by atoms with van der Waals surface area (Å²) in [5.74, 6) is 1.85. The molecule has 0 aliphatic heterocycles. The molecule has 0 N–H and O–H groups in total. The van der Waals surface area contributed by atoms with Gasteiger partial charge in [0, 0.05) is 23.4 Å². The summed E-state index contributed by atoms with van der Waals surface area (Å²) in [7, 11) is 0. The molecule has 2 aromatic heterocycles. The maximum absolute atomic E-state index is 11.7. The van der Waals surface area contributed by atoms with Gasteiger partial charge in [0.25, 0.3) is 11.1 Å². The molecular formula is C16H17N3O3S2. The van der Waals surface area contributed by atoms with E-state index in [0.29, 0.717) is 30.0 Å². The van der Waals surface area contributed by atoms with Crippen molar-refractivity contribution in [3.63, 3.8) is 0 Å². The number of rotatable bonds is 7. The lowest BCUT2D eigenvalue weighted by Crippen LogP contribution is -2.15. The lowest BCUT2D eigenvalue weighted by Gasteiger charge is -2.06. The normalized spacial score (nSPS) is 10.9. The lowest BCUT2D eigenvalue weighted by atomic mass is 10.2. The highest BCUT2D eigenvalue weighted by Crippen LogP contribution is 2.30. The Bertz CT molecular complexity index is 869. The summed E-state index contributed by atoms with van der Waals surface area (Å²) in [5, 5.41) is 10.5.